The van der Waals surface area contributed by atoms with Crippen LogP contribution in [-0.2, 0) is 5.41 Å². The van der Waals surface area contributed by atoms with Gasteiger partial charge in [-0.15, -0.1) is 0 Å². The van der Waals surface area contributed by atoms with Gasteiger partial charge in [0.1, 0.15) is 0 Å². The SMILES string of the molecule is CC1(c2ccccc2Cl)C=CCC=C1. The van der Waals surface area contributed by atoms with Crippen LogP contribution >= 0.6 is 11.6 Å². The molecule has 14 heavy (non-hydrogen) atoms. The molecule has 0 heterocycles. The molecular weight excluding hydrogens is 192 g/mol. The summed E-state index contributed by atoms with van der Waals surface area (Å²) in [5.74, 6) is 0. The summed E-state index contributed by atoms with van der Waals surface area (Å²) in [4.78, 5) is 0. The zero-order chi connectivity index (χ0) is 10.0. The topological polar surface area (TPSA) is 0 Å². The minimum atomic E-state index is -0.0312. The minimum Gasteiger partial charge on any atom is -0.0840 e. The van der Waals surface area contributed by atoms with Gasteiger partial charge in [-0.1, -0.05) is 54.1 Å². The fourth-order valence-corrected chi connectivity index (χ4v) is 2.18. The first-order chi connectivity index (χ1) is 6.72. The number of hydrogen-bond acceptors (Lipinski definition) is 0. The maximum atomic E-state index is 6.18. The fourth-order valence-electron chi connectivity index (χ4n) is 1.84. The zero-order valence-electron chi connectivity index (χ0n) is 8.20. The zero-order valence-corrected chi connectivity index (χ0v) is 8.96. The van der Waals surface area contributed by atoms with E-state index in [0.29, 0.717) is 0 Å². The Bertz CT molecular complexity index is 376. The molecule has 1 aromatic rings. The number of benzene rings is 1. The number of halogens is 1. The van der Waals surface area contributed by atoms with Gasteiger partial charge in [0, 0.05) is 10.4 Å². The first-order valence-corrected chi connectivity index (χ1v) is 5.20. The van der Waals surface area contributed by atoms with E-state index in [4.69, 9.17) is 11.6 Å². The lowest BCUT2D eigenvalue weighted by Crippen LogP contribution is -2.17. The summed E-state index contributed by atoms with van der Waals surface area (Å²) >= 11 is 6.18. The van der Waals surface area contributed by atoms with Gasteiger partial charge in [0.05, 0.1) is 0 Å². The molecule has 0 bridgehead atoms. The second kappa shape index (κ2) is 3.62. The molecular formula is C13H13Cl. The van der Waals surface area contributed by atoms with Crippen molar-refractivity contribution in [3.63, 3.8) is 0 Å². The first-order valence-electron chi connectivity index (χ1n) is 4.83. The number of rotatable bonds is 1. The summed E-state index contributed by atoms with van der Waals surface area (Å²) in [6.45, 7) is 2.18. The highest BCUT2D eigenvalue weighted by Gasteiger charge is 2.23. The van der Waals surface area contributed by atoms with Gasteiger partial charge in [0.15, 0.2) is 0 Å². The Hall–Kier alpha value is -1.01. The predicted octanol–water partition coefficient (Wildman–Crippen LogP) is 4.11. The molecule has 0 fully saturated rings. The molecule has 0 aromatic heterocycles. The third-order valence-electron chi connectivity index (χ3n) is 2.65. The molecule has 0 saturated carbocycles. The lowest BCUT2D eigenvalue weighted by atomic mass is 9.79. The molecule has 0 N–H and O–H groups in total. The van der Waals surface area contributed by atoms with Crippen LogP contribution in [0.2, 0.25) is 5.02 Å². The van der Waals surface area contributed by atoms with Gasteiger partial charge in [-0.25, -0.2) is 0 Å². The van der Waals surface area contributed by atoms with Gasteiger partial charge in [-0.3, -0.25) is 0 Å². The van der Waals surface area contributed by atoms with E-state index in [1.54, 1.807) is 0 Å². The quantitative estimate of drug-likeness (QED) is 0.604. The average Bonchev–Trinajstić information content (AvgIpc) is 2.19. The van der Waals surface area contributed by atoms with Crippen LogP contribution in [0.1, 0.15) is 18.9 Å². The summed E-state index contributed by atoms with van der Waals surface area (Å²) in [5.41, 5.74) is 1.14. The Kier molecular flexibility index (Phi) is 2.47. The van der Waals surface area contributed by atoms with E-state index in [2.05, 4.69) is 37.3 Å². The van der Waals surface area contributed by atoms with E-state index in [1.807, 2.05) is 18.2 Å². The highest BCUT2D eigenvalue weighted by molar-refractivity contribution is 6.31. The van der Waals surface area contributed by atoms with Gasteiger partial charge in [-0.05, 0) is 25.0 Å². The number of allylic oxidation sites excluding steroid dienone is 4. The Morgan fingerprint density at radius 3 is 2.43 bits per heavy atom. The van der Waals surface area contributed by atoms with E-state index < -0.39 is 0 Å². The van der Waals surface area contributed by atoms with Gasteiger partial charge in [-0.2, -0.15) is 0 Å². The van der Waals surface area contributed by atoms with Gasteiger partial charge in [0.25, 0.3) is 0 Å². The van der Waals surface area contributed by atoms with Crippen LogP contribution in [0.15, 0.2) is 48.6 Å². The van der Waals surface area contributed by atoms with Crippen LogP contribution in [0.4, 0.5) is 0 Å². The molecule has 1 aromatic carbocycles. The Labute approximate surface area is 89.9 Å². The molecule has 1 aliphatic rings. The summed E-state index contributed by atoms with van der Waals surface area (Å²) < 4.78 is 0. The number of hydrogen-bond donors (Lipinski definition) is 0. The lowest BCUT2D eigenvalue weighted by molar-refractivity contribution is 0.742. The lowest BCUT2D eigenvalue weighted by Gasteiger charge is -2.25. The van der Waals surface area contributed by atoms with Gasteiger partial charge < -0.3 is 0 Å². The fraction of sp³-hybridized carbons (Fsp3) is 0.231. The van der Waals surface area contributed by atoms with E-state index in [0.717, 1.165) is 11.4 Å². The maximum Gasteiger partial charge on any atom is 0.0449 e. The van der Waals surface area contributed by atoms with E-state index in [1.165, 1.54) is 5.56 Å². The Morgan fingerprint density at radius 1 is 1.14 bits per heavy atom. The highest BCUT2D eigenvalue weighted by atomic mass is 35.5. The van der Waals surface area contributed by atoms with Crippen LogP contribution in [0.3, 0.4) is 0 Å². The first kappa shape index (κ1) is 9.54. The molecule has 72 valence electrons. The third kappa shape index (κ3) is 1.62. The second-order valence-corrected chi connectivity index (χ2v) is 4.21. The van der Waals surface area contributed by atoms with Gasteiger partial charge >= 0.3 is 0 Å². The smallest absolute Gasteiger partial charge is 0.0449 e. The largest absolute Gasteiger partial charge is 0.0840 e. The van der Waals surface area contributed by atoms with Crippen LogP contribution in [0.5, 0.6) is 0 Å². The summed E-state index contributed by atoms with van der Waals surface area (Å²) in [5, 5.41) is 0.839. The van der Waals surface area contributed by atoms with Crippen molar-refractivity contribution < 1.29 is 0 Å². The molecule has 0 nitrogen and oxygen atoms in total. The van der Waals surface area contributed by atoms with Gasteiger partial charge in [0.2, 0.25) is 0 Å². The minimum absolute atomic E-state index is 0.0312. The summed E-state index contributed by atoms with van der Waals surface area (Å²) in [6, 6.07) is 8.02. The van der Waals surface area contributed by atoms with E-state index in [-0.39, 0.29) is 5.41 Å². The van der Waals surface area contributed by atoms with Crippen LogP contribution in [0.25, 0.3) is 0 Å². The molecule has 0 spiro atoms. The van der Waals surface area contributed by atoms with Crippen molar-refractivity contribution in [1.29, 1.82) is 0 Å². The molecule has 2 rings (SSSR count). The van der Waals surface area contributed by atoms with Crippen LogP contribution < -0.4 is 0 Å². The van der Waals surface area contributed by atoms with Crippen molar-refractivity contribution in [2.75, 3.05) is 0 Å². The molecule has 0 aliphatic heterocycles. The Morgan fingerprint density at radius 2 is 1.79 bits per heavy atom. The van der Waals surface area contributed by atoms with E-state index >= 15 is 0 Å². The van der Waals surface area contributed by atoms with Crippen LogP contribution in [-0.4, -0.2) is 0 Å². The molecule has 0 atom stereocenters. The normalized spacial score (nSPS) is 18.4. The van der Waals surface area contributed by atoms with Crippen molar-refractivity contribution in [1.82, 2.24) is 0 Å². The molecule has 0 unspecified atom stereocenters. The van der Waals surface area contributed by atoms with Crippen molar-refractivity contribution >= 4 is 11.6 Å². The maximum absolute atomic E-state index is 6.18. The third-order valence-corrected chi connectivity index (χ3v) is 2.98. The summed E-state index contributed by atoms with van der Waals surface area (Å²) in [6.07, 6.45) is 9.83. The summed E-state index contributed by atoms with van der Waals surface area (Å²) in [7, 11) is 0. The van der Waals surface area contributed by atoms with Crippen molar-refractivity contribution in [2.24, 2.45) is 0 Å². The molecule has 0 saturated heterocycles. The molecule has 1 aliphatic carbocycles. The monoisotopic (exact) mass is 204 g/mol. The average molecular weight is 205 g/mol. The molecule has 1 heteroatoms. The van der Waals surface area contributed by atoms with Crippen LogP contribution in [0, 0.1) is 0 Å². The Balaban J connectivity index is 2.48. The van der Waals surface area contributed by atoms with Crippen molar-refractivity contribution in [2.45, 2.75) is 18.8 Å². The highest BCUT2D eigenvalue weighted by Crippen LogP contribution is 2.34. The van der Waals surface area contributed by atoms with Crippen molar-refractivity contribution in [3.05, 3.63) is 59.2 Å². The second-order valence-electron chi connectivity index (χ2n) is 3.80. The molecule has 0 radical (unpaired) electrons. The molecule has 0 amide bonds. The van der Waals surface area contributed by atoms with Crippen molar-refractivity contribution in [3.8, 4) is 0 Å². The standard InChI is InChI=1S/C13H13Cl/c1-13(9-5-2-6-10-13)11-7-3-4-8-12(11)14/h3-10H,2H2,1H3. The predicted molar refractivity (Wildman–Crippen MR) is 61.7 cm³/mol. The van der Waals surface area contributed by atoms with E-state index in [9.17, 15) is 0 Å².